The van der Waals surface area contributed by atoms with E-state index in [0.717, 1.165) is 5.56 Å². The molecule has 5 nitrogen and oxygen atoms in total. The molecule has 0 atom stereocenters. The summed E-state index contributed by atoms with van der Waals surface area (Å²) < 4.78 is 28.8. The fourth-order valence-electron chi connectivity index (χ4n) is 1.38. The lowest BCUT2D eigenvalue weighted by molar-refractivity contribution is 0.412. The first kappa shape index (κ1) is 8.71. The average molecular weight is 202 g/mol. The van der Waals surface area contributed by atoms with Crippen LogP contribution >= 0.6 is 0 Å². The van der Waals surface area contributed by atoms with Crippen molar-refractivity contribution in [1.82, 2.24) is 9.46 Å². The van der Waals surface area contributed by atoms with Crippen molar-refractivity contribution >= 4 is 10.0 Å². The van der Waals surface area contributed by atoms with Crippen LogP contribution in [0.3, 0.4) is 0 Å². The molecule has 0 aromatic carbocycles. The minimum atomic E-state index is -3.00. The first-order chi connectivity index (χ1) is 6.18. The molecule has 1 aromatic heterocycles. The maximum atomic E-state index is 11.4. The number of aromatic nitrogens is 1. The van der Waals surface area contributed by atoms with Crippen LogP contribution in [0.2, 0.25) is 0 Å². The zero-order chi connectivity index (χ0) is 9.31. The van der Waals surface area contributed by atoms with Crippen molar-refractivity contribution in [2.75, 3.05) is 12.3 Å². The summed E-state index contributed by atoms with van der Waals surface area (Å²) in [5, 5.41) is 3.52. The van der Waals surface area contributed by atoms with Crippen molar-refractivity contribution < 1.29 is 12.9 Å². The van der Waals surface area contributed by atoms with Gasteiger partial charge in [-0.1, -0.05) is 5.16 Å². The van der Waals surface area contributed by atoms with Crippen LogP contribution in [0.25, 0.3) is 0 Å². The predicted octanol–water partition coefficient (Wildman–Crippen LogP) is 0.210. The Hall–Kier alpha value is -0.880. The van der Waals surface area contributed by atoms with Crippen LogP contribution in [0, 0.1) is 0 Å². The topological polar surface area (TPSA) is 63.4 Å². The maximum Gasteiger partial charge on any atom is 0.214 e. The van der Waals surface area contributed by atoms with E-state index in [4.69, 9.17) is 0 Å². The van der Waals surface area contributed by atoms with E-state index < -0.39 is 10.0 Å². The molecule has 2 heterocycles. The van der Waals surface area contributed by atoms with Gasteiger partial charge >= 0.3 is 0 Å². The highest BCUT2D eigenvalue weighted by molar-refractivity contribution is 7.89. The maximum absolute atomic E-state index is 11.4. The fourth-order valence-corrected chi connectivity index (χ4v) is 2.88. The molecule has 0 saturated carbocycles. The summed E-state index contributed by atoms with van der Waals surface area (Å²) in [6.45, 7) is 0.985. The van der Waals surface area contributed by atoms with Crippen molar-refractivity contribution in [3.8, 4) is 0 Å². The van der Waals surface area contributed by atoms with Gasteiger partial charge in [0.2, 0.25) is 10.0 Å². The summed E-state index contributed by atoms with van der Waals surface area (Å²) in [5.41, 5.74) is 0.797. The van der Waals surface area contributed by atoms with Crippen LogP contribution in [0.4, 0.5) is 0 Å². The van der Waals surface area contributed by atoms with E-state index in [9.17, 15) is 8.42 Å². The minimum absolute atomic E-state index is 0.262. The van der Waals surface area contributed by atoms with Crippen molar-refractivity contribution in [1.29, 1.82) is 0 Å². The number of nitrogens with zero attached hydrogens (tertiary/aromatic N) is 2. The zero-order valence-electron chi connectivity index (χ0n) is 7.01. The molecule has 0 aliphatic carbocycles. The van der Waals surface area contributed by atoms with Crippen LogP contribution in [-0.2, 0) is 16.6 Å². The summed E-state index contributed by atoms with van der Waals surface area (Å²) >= 11 is 0. The molecule has 13 heavy (non-hydrogen) atoms. The van der Waals surface area contributed by atoms with Gasteiger partial charge in [-0.05, 0) is 6.42 Å². The number of sulfonamides is 1. The standard InChI is InChI=1S/C7H10N2O3S/c10-13(11)3-1-2-9(13)5-7-4-8-12-6-7/h4,6H,1-3,5H2. The SMILES string of the molecule is O=S1(=O)CCCN1Cc1cnoc1. The molecule has 0 radical (unpaired) electrons. The molecule has 0 N–H and O–H groups in total. The Balaban J connectivity index is 2.11. The smallest absolute Gasteiger partial charge is 0.214 e. The van der Waals surface area contributed by atoms with E-state index in [1.54, 1.807) is 0 Å². The number of rotatable bonds is 2. The Labute approximate surface area is 76.4 Å². The Kier molecular flexibility index (Phi) is 2.09. The Morgan fingerprint density at radius 2 is 2.46 bits per heavy atom. The van der Waals surface area contributed by atoms with Gasteiger partial charge in [0, 0.05) is 18.7 Å². The molecule has 0 bridgehead atoms. The molecule has 1 aliphatic heterocycles. The number of hydrogen-bond donors (Lipinski definition) is 0. The molecule has 72 valence electrons. The second-order valence-electron chi connectivity index (χ2n) is 3.04. The second-order valence-corrected chi connectivity index (χ2v) is 5.12. The third-order valence-electron chi connectivity index (χ3n) is 2.05. The van der Waals surface area contributed by atoms with Crippen LogP contribution in [0.15, 0.2) is 17.0 Å². The molecular formula is C7H10N2O3S. The molecule has 1 saturated heterocycles. The molecule has 2 rings (SSSR count). The third-order valence-corrected chi connectivity index (χ3v) is 3.95. The third kappa shape index (κ3) is 1.73. The summed E-state index contributed by atoms with van der Waals surface area (Å²) in [7, 11) is -3.00. The van der Waals surface area contributed by atoms with Gasteiger partial charge in [-0.25, -0.2) is 8.42 Å². The molecule has 1 aliphatic rings. The molecule has 0 amide bonds. The van der Waals surface area contributed by atoms with Crippen molar-refractivity contribution in [3.63, 3.8) is 0 Å². The van der Waals surface area contributed by atoms with Gasteiger partial charge in [-0.3, -0.25) is 0 Å². The molecule has 1 fully saturated rings. The highest BCUT2D eigenvalue weighted by atomic mass is 32.2. The second kappa shape index (κ2) is 3.12. The molecular weight excluding hydrogens is 192 g/mol. The predicted molar refractivity (Wildman–Crippen MR) is 45.3 cm³/mol. The minimum Gasteiger partial charge on any atom is -0.364 e. The summed E-state index contributed by atoms with van der Waals surface area (Å²) in [4.78, 5) is 0. The lowest BCUT2D eigenvalue weighted by Crippen LogP contribution is -2.24. The Morgan fingerprint density at radius 3 is 3.00 bits per heavy atom. The molecule has 0 unspecified atom stereocenters. The van der Waals surface area contributed by atoms with Gasteiger partial charge < -0.3 is 4.52 Å². The monoisotopic (exact) mass is 202 g/mol. The van der Waals surface area contributed by atoms with Crippen molar-refractivity contribution in [3.05, 3.63) is 18.0 Å². The fraction of sp³-hybridized carbons (Fsp3) is 0.571. The number of hydrogen-bond acceptors (Lipinski definition) is 4. The van der Waals surface area contributed by atoms with E-state index >= 15 is 0 Å². The summed E-state index contributed by atoms with van der Waals surface area (Å²) in [6, 6.07) is 0. The van der Waals surface area contributed by atoms with Gasteiger partial charge in [0.25, 0.3) is 0 Å². The van der Waals surface area contributed by atoms with E-state index in [1.807, 2.05) is 0 Å². The van der Waals surface area contributed by atoms with Crippen LogP contribution in [-0.4, -0.2) is 30.2 Å². The van der Waals surface area contributed by atoms with Crippen molar-refractivity contribution in [2.24, 2.45) is 0 Å². The van der Waals surface area contributed by atoms with Gasteiger partial charge in [0.15, 0.2) is 0 Å². The quantitative estimate of drug-likeness (QED) is 0.687. The lowest BCUT2D eigenvalue weighted by Gasteiger charge is -2.11. The van der Waals surface area contributed by atoms with Crippen LogP contribution < -0.4 is 0 Å². The average Bonchev–Trinajstić information content (AvgIpc) is 2.63. The summed E-state index contributed by atoms with van der Waals surface area (Å²) in [5.74, 6) is 0.262. The van der Waals surface area contributed by atoms with E-state index in [-0.39, 0.29) is 5.75 Å². The van der Waals surface area contributed by atoms with E-state index in [2.05, 4.69) is 9.68 Å². The van der Waals surface area contributed by atoms with E-state index in [1.165, 1.54) is 16.8 Å². The zero-order valence-corrected chi connectivity index (χ0v) is 7.83. The van der Waals surface area contributed by atoms with Crippen molar-refractivity contribution in [2.45, 2.75) is 13.0 Å². The first-order valence-electron chi connectivity index (χ1n) is 4.04. The van der Waals surface area contributed by atoms with Crippen LogP contribution in [0.5, 0.6) is 0 Å². The van der Waals surface area contributed by atoms with Gasteiger partial charge in [-0.2, -0.15) is 4.31 Å². The largest absolute Gasteiger partial charge is 0.364 e. The van der Waals surface area contributed by atoms with Gasteiger partial charge in [-0.15, -0.1) is 0 Å². The highest BCUT2D eigenvalue weighted by Crippen LogP contribution is 2.16. The Bertz CT molecular complexity index is 370. The molecule has 0 spiro atoms. The highest BCUT2D eigenvalue weighted by Gasteiger charge is 2.28. The normalized spacial score (nSPS) is 22.2. The molecule has 6 heteroatoms. The first-order valence-corrected chi connectivity index (χ1v) is 5.65. The molecule has 1 aromatic rings. The Morgan fingerprint density at radius 1 is 1.62 bits per heavy atom. The van der Waals surface area contributed by atoms with Gasteiger partial charge in [0.1, 0.15) is 6.26 Å². The lowest BCUT2D eigenvalue weighted by atomic mass is 10.3. The summed E-state index contributed by atoms with van der Waals surface area (Å²) in [6.07, 6.45) is 3.72. The van der Waals surface area contributed by atoms with Gasteiger partial charge in [0.05, 0.1) is 11.9 Å². The van der Waals surface area contributed by atoms with Crippen LogP contribution in [0.1, 0.15) is 12.0 Å². The van der Waals surface area contributed by atoms with E-state index in [0.29, 0.717) is 19.5 Å².